The van der Waals surface area contributed by atoms with E-state index in [0.29, 0.717) is 6.54 Å². The van der Waals surface area contributed by atoms with E-state index < -0.39 is 0 Å². The Hall–Kier alpha value is -1.59. The van der Waals surface area contributed by atoms with Crippen molar-refractivity contribution in [2.45, 2.75) is 59.4 Å². The van der Waals surface area contributed by atoms with Crippen molar-refractivity contribution in [1.29, 1.82) is 0 Å². The first kappa shape index (κ1) is 24.4. The van der Waals surface area contributed by atoms with Crippen LogP contribution in [0.25, 0.3) is 0 Å². The first-order chi connectivity index (χ1) is 13.5. The number of hydrogen-bond donors (Lipinski definition) is 1. The minimum absolute atomic E-state index is 0.0231. The number of rotatable bonds is 13. The molecule has 0 aliphatic heterocycles. The van der Waals surface area contributed by atoms with Crippen LogP contribution in [0.5, 0.6) is 0 Å². The van der Waals surface area contributed by atoms with Gasteiger partial charge in [0.25, 0.3) is 0 Å². The molecule has 5 nitrogen and oxygen atoms in total. The molecule has 0 saturated carbocycles. The van der Waals surface area contributed by atoms with Gasteiger partial charge in [-0.1, -0.05) is 39.0 Å². The van der Waals surface area contributed by atoms with Gasteiger partial charge in [-0.15, -0.1) is 11.6 Å². The third-order valence-electron chi connectivity index (χ3n) is 4.40. The average Bonchev–Trinajstić information content (AvgIpc) is 2.67. The van der Waals surface area contributed by atoms with Gasteiger partial charge in [0.1, 0.15) is 11.3 Å². The predicted molar refractivity (Wildman–Crippen MR) is 122 cm³/mol. The highest BCUT2D eigenvalue weighted by Gasteiger charge is 2.04. The second kappa shape index (κ2) is 14.4. The standard InChI is InChI=1S/C22H38ClN5/c1-6-10-12-20(17-19(5)23)18-28-22(24-7-2)14-13-21(26-28)25-15-11-16-27(8-3)9-4/h10,12-14,17,19H,6-9,11,15-16,18H2,1-5H3,(H,25,26)/b12-10-,20-17+,24-22?. The molecule has 1 heterocycles. The minimum atomic E-state index is -0.0231. The van der Waals surface area contributed by atoms with Crippen molar-refractivity contribution in [1.82, 2.24) is 14.7 Å². The fraction of sp³-hybridized carbons (Fsp3) is 0.636. The summed E-state index contributed by atoms with van der Waals surface area (Å²) in [4.78, 5) is 7.02. The molecular formula is C22H38ClN5. The summed E-state index contributed by atoms with van der Waals surface area (Å²) in [5, 5.41) is 8.21. The van der Waals surface area contributed by atoms with E-state index in [1.54, 1.807) is 0 Å². The number of hydrogen-bond acceptors (Lipinski definition) is 4. The number of nitrogens with one attached hydrogen (secondary N) is 1. The van der Waals surface area contributed by atoms with Crippen LogP contribution in [0.2, 0.25) is 0 Å². The highest BCUT2D eigenvalue weighted by molar-refractivity contribution is 6.21. The van der Waals surface area contributed by atoms with Gasteiger partial charge >= 0.3 is 0 Å². The lowest BCUT2D eigenvalue weighted by Crippen LogP contribution is -2.27. The van der Waals surface area contributed by atoms with Crippen LogP contribution in [0.1, 0.15) is 47.5 Å². The zero-order valence-corrected chi connectivity index (χ0v) is 19.0. The van der Waals surface area contributed by atoms with E-state index in [0.717, 1.165) is 62.4 Å². The second-order valence-electron chi connectivity index (χ2n) is 6.75. The van der Waals surface area contributed by atoms with Crippen LogP contribution in [0.15, 0.2) is 40.9 Å². The van der Waals surface area contributed by atoms with Crippen molar-refractivity contribution in [2.75, 3.05) is 38.0 Å². The lowest BCUT2D eigenvalue weighted by atomic mass is 10.2. The molecule has 0 bridgehead atoms. The molecule has 0 radical (unpaired) electrons. The van der Waals surface area contributed by atoms with Crippen molar-refractivity contribution >= 4 is 17.4 Å². The number of allylic oxidation sites excluding steroid dienone is 4. The van der Waals surface area contributed by atoms with E-state index in [9.17, 15) is 0 Å². The van der Waals surface area contributed by atoms with Gasteiger partial charge in [-0.2, -0.15) is 5.10 Å². The Balaban J connectivity index is 2.92. The lowest BCUT2D eigenvalue weighted by Gasteiger charge is -2.18. The molecule has 0 fully saturated rings. The largest absolute Gasteiger partial charge is 0.369 e. The van der Waals surface area contributed by atoms with Crippen LogP contribution < -0.4 is 10.8 Å². The van der Waals surface area contributed by atoms with Crippen molar-refractivity contribution in [2.24, 2.45) is 4.99 Å². The highest BCUT2D eigenvalue weighted by atomic mass is 35.5. The topological polar surface area (TPSA) is 45.5 Å². The third kappa shape index (κ3) is 9.56. The van der Waals surface area contributed by atoms with Gasteiger partial charge in [0, 0.05) is 18.5 Å². The quantitative estimate of drug-likeness (QED) is 0.298. The van der Waals surface area contributed by atoms with Crippen LogP contribution in [0, 0.1) is 0 Å². The molecule has 0 spiro atoms. The second-order valence-corrected chi connectivity index (χ2v) is 7.43. The summed E-state index contributed by atoms with van der Waals surface area (Å²) in [6.45, 7) is 16.1. The van der Waals surface area contributed by atoms with Gasteiger partial charge in [-0.05, 0) is 64.0 Å². The van der Waals surface area contributed by atoms with Crippen molar-refractivity contribution in [3.8, 4) is 0 Å². The van der Waals surface area contributed by atoms with E-state index in [1.165, 1.54) is 0 Å². The smallest absolute Gasteiger partial charge is 0.146 e. The third-order valence-corrected chi connectivity index (χ3v) is 4.52. The van der Waals surface area contributed by atoms with Gasteiger partial charge < -0.3 is 10.2 Å². The Morgan fingerprint density at radius 2 is 2.04 bits per heavy atom. The van der Waals surface area contributed by atoms with Crippen LogP contribution >= 0.6 is 11.6 Å². The Bertz CT molecular complexity index is 672. The Kier molecular flexibility index (Phi) is 12.6. The number of anilines is 1. The maximum absolute atomic E-state index is 6.20. The Morgan fingerprint density at radius 3 is 2.64 bits per heavy atom. The maximum atomic E-state index is 6.20. The SMILES string of the molecule is CC/C=C\C(=C/C(C)Cl)Cn1nc(NCCCN(CC)CC)ccc1=NCC. The molecule has 158 valence electrons. The van der Waals surface area contributed by atoms with Crippen LogP contribution in [0.3, 0.4) is 0 Å². The molecule has 1 aromatic rings. The molecule has 1 N–H and O–H groups in total. The maximum Gasteiger partial charge on any atom is 0.146 e. The zero-order chi connectivity index (χ0) is 20.8. The van der Waals surface area contributed by atoms with Gasteiger partial charge in [-0.3, -0.25) is 4.99 Å². The van der Waals surface area contributed by atoms with Gasteiger partial charge in [-0.25, -0.2) is 4.68 Å². The van der Waals surface area contributed by atoms with Crippen LogP contribution in [-0.2, 0) is 6.54 Å². The first-order valence-corrected chi connectivity index (χ1v) is 11.0. The molecule has 0 saturated heterocycles. The van der Waals surface area contributed by atoms with E-state index in [4.69, 9.17) is 16.7 Å². The fourth-order valence-corrected chi connectivity index (χ4v) is 3.08. The highest BCUT2D eigenvalue weighted by Crippen LogP contribution is 2.08. The molecule has 1 unspecified atom stereocenters. The Morgan fingerprint density at radius 1 is 1.29 bits per heavy atom. The van der Waals surface area contributed by atoms with Crippen molar-refractivity contribution in [3.63, 3.8) is 0 Å². The molecule has 0 aliphatic carbocycles. The minimum Gasteiger partial charge on any atom is -0.369 e. The molecule has 28 heavy (non-hydrogen) atoms. The van der Waals surface area contributed by atoms with Crippen molar-refractivity contribution < 1.29 is 0 Å². The van der Waals surface area contributed by atoms with E-state index in [-0.39, 0.29) is 5.38 Å². The number of nitrogens with zero attached hydrogens (tertiary/aromatic N) is 4. The molecule has 0 aliphatic rings. The summed E-state index contributed by atoms with van der Waals surface area (Å²) in [6, 6.07) is 4.05. The van der Waals surface area contributed by atoms with Crippen LogP contribution in [0.4, 0.5) is 5.82 Å². The summed E-state index contributed by atoms with van der Waals surface area (Å²) >= 11 is 6.20. The monoisotopic (exact) mass is 407 g/mol. The summed E-state index contributed by atoms with van der Waals surface area (Å²) < 4.78 is 1.96. The number of alkyl halides is 1. The predicted octanol–water partition coefficient (Wildman–Crippen LogP) is 4.47. The molecule has 1 rings (SSSR count). The summed E-state index contributed by atoms with van der Waals surface area (Å²) in [6.07, 6.45) is 8.44. The number of aromatic nitrogens is 2. The molecule has 0 amide bonds. The molecule has 0 aromatic carbocycles. The summed E-state index contributed by atoms with van der Waals surface area (Å²) in [7, 11) is 0. The molecule has 6 heteroatoms. The molecular weight excluding hydrogens is 370 g/mol. The van der Waals surface area contributed by atoms with Crippen molar-refractivity contribution in [3.05, 3.63) is 41.4 Å². The van der Waals surface area contributed by atoms with E-state index >= 15 is 0 Å². The van der Waals surface area contributed by atoms with Gasteiger partial charge in [0.05, 0.1) is 6.54 Å². The molecule has 1 aromatic heterocycles. The number of halogens is 1. The van der Waals surface area contributed by atoms with E-state index in [2.05, 4.69) is 54.2 Å². The van der Waals surface area contributed by atoms with Gasteiger partial charge in [0.15, 0.2) is 0 Å². The lowest BCUT2D eigenvalue weighted by molar-refractivity contribution is 0.303. The molecule has 1 atom stereocenters. The van der Waals surface area contributed by atoms with Crippen LogP contribution in [-0.4, -0.2) is 52.8 Å². The Labute approximate surface area is 176 Å². The average molecular weight is 408 g/mol. The van der Waals surface area contributed by atoms with Gasteiger partial charge in [0.2, 0.25) is 0 Å². The summed E-state index contributed by atoms with van der Waals surface area (Å²) in [5.74, 6) is 0.882. The first-order valence-electron chi connectivity index (χ1n) is 10.6. The van der Waals surface area contributed by atoms with E-state index in [1.807, 2.05) is 30.7 Å². The zero-order valence-electron chi connectivity index (χ0n) is 18.3. The fourth-order valence-electron chi connectivity index (χ4n) is 2.92. The normalized spacial score (nSPS) is 14.2. The summed E-state index contributed by atoms with van der Waals surface area (Å²) in [5.41, 5.74) is 2.03.